The second-order valence-electron chi connectivity index (χ2n) is 9.52. The van der Waals surface area contributed by atoms with E-state index in [1.807, 2.05) is 0 Å². The molecule has 0 fully saturated rings. The quantitative estimate of drug-likeness (QED) is 0.214. The number of benzene rings is 1. The fraction of sp³-hybridized carbons (Fsp3) is 0.619. The van der Waals surface area contributed by atoms with E-state index in [4.69, 9.17) is 13.9 Å². The Morgan fingerprint density at radius 2 is 1.66 bits per heavy atom. The summed E-state index contributed by atoms with van der Waals surface area (Å²) in [5.74, 6) is -1.84. The predicted molar refractivity (Wildman–Crippen MR) is 117 cm³/mol. The Balaban J connectivity index is 2.75. The normalized spacial score (nSPS) is 12.6. The molecule has 0 aliphatic heterocycles. The van der Waals surface area contributed by atoms with Gasteiger partial charge in [0.15, 0.2) is 19.9 Å². The average molecular weight is 491 g/mol. The zero-order valence-electron chi connectivity index (χ0n) is 18.6. The Kier molecular flexibility index (Phi) is 8.63. The molecule has 0 spiro atoms. The van der Waals surface area contributed by atoms with Crippen molar-refractivity contribution in [1.82, 2.24) is 0 Å². The van der Waals surface area contributed by atoms with Gasteiger partial charge in [-0.15, -0.1) is 0 Å². The summed E-state index contributed by atoms with van der Waals surface area (Å²) in [4.78, 5) is 23.9. The molecule has 0 saturated carbocycles. The fourth-order valence-electron chi connectivity index (χ4n) is 1.93. The van der Waals surface area contributed by atoms with Crippen LogP contribution in [0.5, 0.6) is 5.75 Å². The molecule has 29 heavy (non-hydrogen) atoms. The molecular formula is C21H32BrFO5Si. The number of rotatable bonds is 7. The summed E-state index contributed by atoms with van der Waals surface area (Å²) in [5, 5.41) is 0.0773. The van der Waals surface area contributed by atoms with Crippen LogP contribution in [-0.4, -0.2) is 33.5 Å². The molecule has 0 unspecified atom stereocenters. The number of carbonyl (C=O) groups is 2. The van der Waals surface area contributed by atoms with Gasteiger partial charge in [-0.2, -0.15) is 0 Å². The van der Waals surface area contributed by atoms with E-state index in [9.17, 15) is 14.0 Å². The monoisotopic (exact) mass is 490 g/mol. The molecule has 0 amide bonds. The zero-order valence-corrected chi connectivity index (χ0v) is 21.2. The number of hydrogen-bond acceptors (Lipinski definition) is 5. The van der Waals surface area contributed by atoms with Crippen LogP contribution in [0.25, 0.3) is 0 Å². The third kappa shape index (κ3) is 7.83. The van der Waals surface area contributed by atoms with Crippen LogP contribution in [0, 0.1) is 11.2 Å². The highest BCUT2D eigenvalue weighted by molar-refractivity contribution is 9.10. The van der Waals surface area contributed by atoms with Gasteiger partial charge in [0, 0.05) is 4.47 Å². The molecule has 0 atom stereocenters. The summed E-state index contributed by atoms with van der Waals surface area (Å²) in [7, 11) is -1.90. The van der Waals surface area contributed by atoms with E-state index in [-0.39, 0.29) is 23.8 Å². The van der Waals surface area contributed by atoms with Gasteiger partial charge in [-0.05, 0) is 56.6 Å². The van der Waals surface area contributed by atoms with Gasteiger partial charge in [0.05, 0.1) is 18.4 Å². The van der Waals surface area contributed by atoms with Crippen LogP contribution in [-0.2, 0) is 25.2 Å². The molecule has 0 aromatic heterocycles. The molecule has 0 bridgehead atoms. The minimum absolute atomic E-state index is 0.0250. The number of ether oxygens (including phenoxy) is 2. The SMILES string of the molecule is CC(C)(C)C(=O)OC(=O)Cc1cc(OCCO[Si](C)(C)C(C)(C)C)c(F)cc1Br. The maximum absolute atomic E-state index is 14.2. The summed E-state index contributed by atoms with van der Waals surface area (Å²) in [5.41, 5.74) is -0.313. The van der Waals surface area contributed by atoms with Crippen molar-refractivity contribution in [2.24, 2.45) is 5.41 Å². The zero-order chi connectivity index (χ0) is 22.6. The molecule has 0 aliphatic rings. The van der Waals surface area contributed by atoms with E-state index in [2.05, 4.69) is 49.8 Å². The van der Waals surface area contributed by atoms with E-state index >= 15 is 0 Å². The Hall–Kier alpha value is -1.25. The van der Waals surface area contributed by atoms with Gasteiger partial charge in [0.25, 0.3) is 0 Å². The Morgan fingerprint density at radius 3 is 2.17 bits per heavy atom. The first-order chi connectivity index (χ1) is 13.0. The van der Waals surface area contributed by atoms with Gasteiger partial charge in [0.1, 0.15) is 6.61 Å². The van der Waals surface area contributed by atoms with Gasteiger partial charge in [-0.1, -0.05) is 36.7 Å². The molecule has 1 aromatic rings. The molecule has 0 N–H and O–H groups in total. The van der Waals surface area contributed by atoms with Crippen molar-refractivity contribution in [2.75, 3.05) is 13.2 Å². The van der Waals surface area contributed by atoms with Crippen molar-refractivity contribution in [3.8, 4) is 5.75 Å². The number of halogens is 2. The van der Waals surface area contributed by atoms with Crippen molar-refractivity contribution < 1.29 is 27.9 Å². The van der Waals surface area contributed by atoms with Crippen LogP contribution in [0.2, 0.25) is 18.1 Å². The smallest absolute Gasteiger partial charge is 0.318 e. The van der Waals surface area contributed by atoms with Gasteiger partial charge in [0.2, 0.25) is 0 Å². The Bertz CT molecular complexity index is 751. The first kappa shape index (κ1) is 25.8. The number of hydrogen-bond donors (Lipinski definition) is 0. The lowest BCUT2D eigenvalue weighted by Gasteiger charge is -2.36. The standard InChI is InChI=1S/C21H32BrFO5Si/c1-20(2,3)19(25)28-18(24)12-14-11-17(16(23)13-15(14)22)26-9-10-27-29(7,8)21(4,5)6/h11,13H,9-10,12H2,1-8H3. The molecule has 164 valence electrons. The molecule has 5 nitrogen and oxygen atoms in total. The maximum atomic E-state index is 14.2. The highest BCUT2D eigenvalue weighted by atomic mass is 79.9. The number of carbonyl (C=O) groups excluding carboxylic acids is 2. The fourth-order valence-corrected chi connectivity index (χ4v) is 3.41. The van der Waals surface area contributed by atoms with Crippen LogP contribution in [0.1, 0.15) is 47.1 Å². The molecule has 0 saturated heterocycles. The van der Waals surface area contributed by atoms with Crippen LogP contribution in [0.15, 0.2) is 16.6 Å². The lowest BCUT2D eigenvalue weighted by Crippen LogP contribution is -2.41. The van der Waals surface area contributed by atoms with Gasteiger partial charge in [-0.25, -0.2) is 4.39 Å². The maximum Gasteiger partial charge on any atom is 0.318 e. The average Bonchev–Trinajstić information content (AvgIpc) is 2.53. The van der Waals surface area contributed by atoms with Gasteiger partial charge >= 0.3 is 11.9 Å². The topological polar surface area (TPSA) is 61.8 Å². The molecule has 0 aliphatic carbocycles. The first-order valence-electron chi connectivity index (χ1n) is 9.54. The van der Waals surface area contributed by atoms with E-state index in [0.29, 0.717) is 16.6 Å². The van der Waals surface area contributed by atoms with E-state index < -0.39 is 31.5 Å². The minimum Gasteiger partial charge on any atom is -0.488 e. The summed E-state index contributed by atoms with van der Waals surface area (Å²) in [6.45, 7) is 16.2. The third-order valence-corrected chi connectivity index (χ3v) is 10.1. The molecule has 0 radical (unpaired) electrons. The summed E-state index contributed by atoms with van der Waals surface area (Å²) >= 11 is 3.24. The highest BCUT2D eigenvalue weighted by Gasteiger charge is 2.37. The van der Waals surface area contributed by atoms with Crippen LogP contribution >= 0.6 is 15.9 Å². The molecule has 0 heterocycles. The first-order valence-corrected chi connectivity index (χ1v) is 13.2. The van der Waals surface area contributed by atoms with Gasteiger partial charge in [-0.3, -0.25) is 9.59 Å². The summed E-state index contributed by atoms with van der Waals surface area (Å²) in [6, 6.07) is 2.67. The Labute approximate surface area is 182 Å². The van der Waals surface area contributed by atoms with Crippen LogP contribution < -0.4 is 4.74 Å². The van der Waals surface area contributed by atoms with Crippen molar-refractivity contribution in [1.29, 1.82) is 0 Å². The lowest BCUT2D eigenvalue weighted by atomic mass is 9.97. The third-order valence-electron chi connectivity index (χ3n) is 4.86. The summed E-state index contributed by atoms with van der Waals surface area (Å²) < 4.78 is 31.1. The number of esters is 2. The molecule has 1 rings (SSSR count). The van der Waals surface area contributed by atoms with Crippen molar-refractivity contribution in [2.45, 2.75) is 66.1 Å². The van der Waals surface area contributed by atoms with Crippen molar-refractivity contribution in [3.63, 3.8) is 0 Å². The van der Waals surface area contributed by atoms with Crippen LogP contribution in [0.4, 0.5) is 4.39 Å². The summed E-state index contributed by atoms with van der Waals surface area (Å²) in [6.07, 6.45) is -0.181. The highest BCUT2D eigenvalue weighted by Crippen LogP contribution is 2.36. The molecule has 8 heteroatoms. The molecular weight excluding hydrogens is 459 g/mol. The largest absolute Gasteiger partial charge is 0.488 e. The lowest BCUT2D eigenvalue weighted by molar-refractivity contribution is -0.165. The second kappa shape index (κ2) is 9.70. The predicted octanol–water partition coefficient (Wildman–Crippen LogP) is 5.65. The van der Waals surface area contributed by atoms with Crippen LogP contribution in [0.3, 0.4) is 0 Å². The van der Waals surface area contributed by atoms with E-state index in [0.717, 1.165) is 0 Å². The molecule has 1 aromatic carbocycles. The minimum atomic E-state index is -1.90. The van der Waals surface area contributed by atoms with Gasteiger partial charge < -0.3 is 13.9 Å². The van der Waals surface area contributed by atoms with E-state index in [1.165, 1.54) is 12.1 Å². The van der Waals surface area contributed by atoms with Crippen molar-refractivity contribution in [3.05, 3.63) is 28.0 Å². The Morgan fingerprint density at radius 1 is 1.07 bits per heavy atom. The van der Waals surface area contributed by atoms with E-state index in [1.54, 1.807) is 20.8 Å². The van der Waals surface area contributed by atoms with Crippen molar-refractivity contribution >= 4 is 36.2 Å². The second-order valence-corrected chi connectivity index (χ2v) is 15.2.